The smallest absolute Gasteiger partial charge is 0.00818 e. The molecule has 4 fully saturated rings. The maximum absolute atomic E-state index is 2.55. The summed E-state index contributed by atoms with van der Waals surface area (Å²) in [5.74, 6) is 3.38. The summed E-state index contributed by atoms with van der Waals surface area (Å²) >= 11 is 0. The van der Waals surface area contributed by atoms with Gasteiger partial charge in [-0.2, -0.15) is 0 Å². The summed E-state index contributed by atoms with van der Waals surface area (Å²) in [5, 5.41) is 1.40. The Balaban J connectivity index is 1.84. The Kier molecular flexibility index (Phi) is 3.79. The number of hydrogen-bond acceptors (Lipinski definition) is 0. The molecule has 0 aromatic heterocycles. The van der Waals surface area contributed by atoms with Crippen molar-refractivity contribution in [2.24, 2.45) is 17.8 Å². The molecule has 110 valence electrons. The SMILES string of the molecule is CCCCP(C(C)(C)C)C12CC3CC(CC(C3)C1)C2. The van der Waals surface area contributed by atoms with Gasteiger partial charge in [0.2, 0.25) is 0 Å². The molecule has 4 bridgehead atoms. The molecule has 0 aromatic rings. The average molecular weight is 280 g/mol. The van der Waals surface area contributed by atoms with Gasteiger partial charge in [-0.25, -0.2) is 0 Å². The van der Waals surface area contributed by atoms with Crippen molar-refractivity contribution in [2.45, 2.75) is 89.4 Å². The highest BCUT2D eigenvalue weighted by molar-refractivity contribution is 7.60. The molecule has 0 saturated heterocycles. The number of hydrogen-bond donors (Lipinski definition) is 0. The fourth-order valence-corrected chi connectivity index (χ4v) is 10.6. The van der Waals surface area contributed by atoms with Crippen LogP contribution in [0.4, 0.5) is 0 Å². The quantitative estimate of drug-likeness (QED) is 0.551. The normalized spacial score (nSPS) is 42.6. The zero-order chi connectivity index (χ0) is 13.7. The molecule has 1 atom stereocenters. The van der Waals surface area contributed by atoms with Crippen molar-refractivity contribution < 1.29 is 0 Å². The lowest BCUT2D eigenvalue weighted by Gasteiger charge is -2.62. The van der Waals surface area contributed by atoms with E-state index in [9.17, 15) is 0 Å². The van der Waals surface area contributed by atoms with Crippen LogP contribution < -0.4 is 0 Å². The molecule has 0 N–H and O–H groups in total. The predicted molar refractivity (Wildman–Crippen MR) is 87.4 cm³/mol. The van der Waals surface area contributed by atoms with Gasteiger partial charge in [-0.05, 0) is 79.2 Å². The van der Waals surface area contributed by atoms with Gasteiger partial charge in [-0.1, -0.05) is 42.0 Å². The fourth-order valence-electron chi connectivity index (χ4n) is 6.00. The fraction of sp³-hybridized carbons (Fsp3) is 1.00. The molecule has 4 saturated carbocycles. The molecule has 1 unspecified atom stereocenters. The summed E-state index contributed by atoms with van der Waals surface area (Å²) in [6, 6.07) is 0. The Morgan fingerprint density at radius 1 is 0.947 bits per heavy atom. The highest BCUT2D eigenvalue weighted by Crippen LogP contribution is 2.72. The highest BCUT2D eigenvalue weighted by Gasteiger charge is 2.55. The molecular formula is C18H33P. The van der Waals surface area contributed by atoms with Crippen molar-refractivity contribution in [1.29, 1.82) is 0 Å². The lowest BCUT2D eigenvalue weighted by atomic mass is 9.56. The van der Waals surface area contributed by atoms with Crippen LogP contribution in [0.1, 0.15) is 79.1 Å². The first-order valence-corrected chi connectivity index (χ1v) is 10.2. The number of rotatable bonds is 4. The van der Waals surface area contributed by atoms with E-state index in [1.807, 2.05) is 0 Å². The number of unbranched alkanes of at least 4 members (excludes halogenated alkanes) is 1. The largest absolute Gasteiger partial charge is 0.0948 e. The molecule has 0 spiro atoms. The van der Waals surface area contributed by atoms with Gasteiger partial charge in [0.25, 0.3) is 0 Å². The highest BCUT2D eigenvalue weighted by atomic mass is 31.1. The molecule has 1 heteroatoms. The summed E-state index contributed by atoms with van der Waals surface area (Å²) in [4.78, 5) is 0. The second-order valence-corrected chi connectivity index (χ2v) is 12.4. The van der Waals surface area contributed by atoms with Gasteiger partial charge >= 0.3 is 0 Å². The summed E-state index contributed by atoms with van der Waals surface area (Å²) in [6.07, 6.45) is 14.1. The van der Waals surface area contributed by atoms with Crippen LogP contribution in [-0.2, 0) is 0 Å². The lowest BCUT2D eigenvalue weighted by molar-refractivity contribution is 0.0347. The van der Waals surface area contributed by atoms with Crippen LogP contribution in [0.15, 0.2) is 0 Å². The minimum Gasteiger partial charge on any atom is -0.0948 e. The maximum Gasteiger partial charge on any atom is -0.00818 e. The molecular weight excluding hydrogens is 247 g/mol. The first kappa shape index (κ1) is 14.4. The third-order valence-corrected chi connectivity index (χ3v) is 10.2. The minimum absolute atomic E-state index is 0.218. The first-order chi connectivity index (χ1) is 8.93. The van der Waals surface area contributed by atoms with Crippen LogP contribution in [0, 0.1) is 17.8 Å². The molecule has 0 aliphatic heterocycles. The van der Waals surface area contributed by atoms with Gasteiger partial charge in [0.05, 0.1) is 0 Å². The zero-order valence-electron chi connectivity index (χ0n) is 13.5. The van der Waals surface area contributed by atoms with Gasteiger partial charge < -0.3 is 0 Å². The average Bonchev–Trinajstić information content (AvgIpc) is 2.25. The van der Waals surface area contributed by atoms with E-state index in [0.717, 1.165) is 22.9 Å². The zero-order valence-corrected chi connectivity index (χ0v) is 14.4. The van der Waals surface area contributed by atoms with Gasteiger partial charge in [0.15, 0.2) is 0 Å². The van der Waals surface area contributed by atoms with E-state index in [-0.39, 0.29) is 7.92 Å². The summed E-state index contributed by atoms with van der Waals surface area (Å²) in [7, 11) is 0.218. The molecule has 0 nitrogen and oxygen atoms in total. The lowest BCUT2D eigenvalue weighted by Crippen LogP contribution is -2.51. The molecule has 4 aliphatic carbocycles. The van der Waals surface area contributed by atoms with Crippen molar-refractivity contribution in [2.75, 3.05) is 6.16 Å². The second-order valence-electron chi connectivity index (χ2n) is 8.82. The van der Waals surface area contributed by atoms with Crippen LogP contribution in [0.3, 0.4) is 0 Å². The van der Waals surface area contributed by atoms with Crippen molar-refractivity contribution >= 4 is 7.92 Å². The van der Waals surface area contributed by atoms with Crippen LogP contribution in [-0.4, -0.2) is 16.5 Å². The third-order valence-electron chi connectivity index (χ3n) is 6.12. The van der Waals surface area contributed by atoms with Crippen molar-refractivity contribution in [3.05, 3.63) is 0 Å². The molecule has 4 aliphatic rings. The molecule has 4 rings (SSSR count). The first-order valence-electron chi connectivity index (χ1n) is 8.71. The van der Waals surface area contributed by atoms with Crippen LogP contribution in [0.5, 0.6) is 0 Å². The van der Waals surface area contributed by atoms with Crippen LogP contribution >= 0.6 is 7.92 Å². The molecule has 0 amide bonds. The van der Waals surface area contributed by atoms with E-state index < -0.39 is 0 Å². The molecule has 0 aromatic carbocycles. The van der Waals surface area contributed by atoms with Gasteiger partial charge in [0, 0.05) is 0 Å². The molecule has 0 heterocycles. The minimum atomic E-state index is 0.218. The van der Waals surface area contributed by atoms with E-state index in [1.165, 1.54) is 12.8 Å². The Morgan fingerprint density at radius 2 is 1.42 bits per heavy atom. The van der Waals surface area contributed by atoms with Gasteiger partial charge in [-0.15, -0.1) is 0 Å². The van der Waals surface area contributed by atoms with Crippen LogP contribution in [0.25, 0.3) is 0 Å². The predicted octanol–water partition coefficient (Wildman–Crippen LogP) is 6.04. The van der Waals surface area contributed by atoms with Crippen molar-refractivity contribution in [3.8, 4) is 0 Å². The van der Waals surface area contributed by atoms with Crippen LogP contribution in [0.2, 0.25) is 0 Å². The van der Waals surface area contributed by atoms with Gasteiger partial charge in [0.1, 0.15) is 0 Å². The Labute approximate surface area is 121 Å². The standard InChI is InChI=1S/C18H33P/c1-5-6-7-19(17(2,3)4)18-11-14-8-15(12-18)10-16(9-14)13-18/h14-16H,5-13H2,1-4H3. The van der Waals surface area contributed by atoms with E-state index in [2.05, 4.69) is 27.7 Å². The topological polar surface area (TPSA) is 0 Å². The monoisotopic (exact) mass is 280 g/mol. The summed E-state index contributed by atoms with van der Waals surface area (Å²) in [6.45, 7) is 10.0. The Morgan fingerprint density at radius 3 is 1.79 bits per heavy atom. The Hall–Kier alpha value is 0.430. The maximum atomic E-state index is 2.55. The van der Waals surface area contributed by atoms with Crippen molar-refractivity contribution in [3.63, 3.8) is 0 Å². The van der Waals surface area contributed by atoms with Crippen molar-refractivity contribution in [1.82, 2.24) is 0 Å². The second kappa shape index (κ2) is 5.01. The Bertz CT molecular complexity index is 290. The van der Waals surface area contributed by atoms with E-state index in [4.69, 9.17) is 0 Å². The van der Waals surface area contributed by atoms with E-state index in [0.29, 0.717) is 5.16 Å². The van der Waals surface area contributed by atoms with E-state index >= 15 is 0 Å². The third kappa shape index (κ3) is 2.64. The van der Waals surface area contributed by atoms with Gasteiger partial charge in [-0.3, -0.25) is 0 Å². The summed E-state index contributed by atoms with van der Waals surface area (Å²) in [5.41, 5.74) is 0. The van der Waals surface area contributed by atoms with E-state index in [1.54, 1.807) is 44.7 Å². The molecule has 19 heavy (non-hydrogen) atoms. The summed E-state index contributed by atoms with van der Waals surface area (Å²) < 4.78 is 0. The molecule has 0 radical (unpaired) electrons.